The van der Waals surface area contributed by atoms with Gasteiger partial charge in [0, 0.05) is 12.3 Å². The Morgan fingerprint density at radius 3 is 2.39 bits per heavy atom. The van der Waals surface area contributed by atoms with E-state index in [1.165, 1.54) is 12.8 Å². The molecule has 1 aromatic carbocycles. The molecule has 0 atom stereocenters. The second-order valence-electron chi connectivity index (χ2n) is 8.91. The summed E-state index contributed by atoms with van der Waals surface area (Å²) >= 11 is 0. The van der Waals surface area contributed by atoms with E-state index in [1.807, 2.05) is 24.3 Å². The number of rotatable bonds is 8. The zero-order chi connectivity index (χ0) is 20.1. The van der Waals surface area contributed by atoms with Crippen molar-refractivity contribution >= 4 is 15.6 Å². The van der Waals surface area contributed by atoms with Gasteiger partial charge in [0.2, 0.25) is 0 Å². The minimum atomic E-state index is -3.00. The highest BCUT2D eigenvalue weighted by Crippen LogP contribution is 2.32. The molecule has 2 aliphatic rings. The quantitative estimate of drug-likeness (QED) is 0.625. The molecule has 156 valence electrons. The monoisotopic (exact) mass is 406 g/mol. The second-order valence-corrected chi connectivity index (χ2v) is 11.5. The predicted molar refractivity (Wildman–Crippen MR) is 112 cm³/mol. The van der Waals surface area contributed by atoms with Gasteiger partial charge < -0.3 is 4.74 Å². The van der Waals surface area contributed by atoms with Crippen molar-refractivity contribution in [1.82, 2.24) is 0 Å². The standard InChI is InChI=1S/C23H34O4S/c1-17(2)28(25,26)16-18-10-12-20(13-11-18)23(24)15-19-6-5-9-22(14-19)27-21-7-3-4-8-21/h5-6,9,14,17-18,20-21H,3-4,7-8,10-13,15-16H2,1-2H3. The van der Waals surface area contributed by atoms with E-state index >= 15 is 0 Å². The van der Waals surface area contributed by atoms with Gasteiger partial charge in [-0.1, -0.05) is 12.1 Å². The van der Waals surface area contributed by atoms with Gasteiger partial charge in [0.25, 0.3) is 0 Å². The first kappa shape index (κ1) is 21.4. The maximum absolute atomic E-state index is 12.8. The van der Waals surface area contributed by atoms with E-state index in [0.717, 1.165) is 49.8 Å². The van der Waals surface area contributed by atoms with E-state index in [4.69, 9.17) is 4.74 Å². The maximum atomic E-state index is 12.8. The van der Waals surface area contributed by atoms with Crippen LogP contribution in [0.4, 0.5) is 0 Å². The third kappa shape index (κ3) is 5.82. The molecule has 2 saturated carbocycles. The Morgan fingerprint density at radius 1 is 1.07 bits per heavy atom. The Labute approximate surface area is 170 Å². The summed E-state index contributed by atoms with van der Waals surface area (Å²) in [6.07, 6.45) is 8.81. The molecular formula is C23H34O4S. The lowest BCUT2D eigenvalue weighted by Gasteiger charge is -2.28. The molecule has 0 unspecified atom stereocenters. The lowest BCUT2D eigenvalue weighted by molar-refractivity contribution is -0.123. The Kier molecular flexibility index (Phi) is 7.19. The first-order valence-electron chi connectivity index (χ1n) is 10.8. The number of Topliss-reactive ketones (excluding diaryl/α,β-unsaturated/α-hetero) is 1. The number of carbonyl (C=O) groups is 1. The first-order valence-corrected chi connectivity index (χ1v) is 12.5. The smallest absolute Gasteiger partial charge is 0.152 e. The minimum Gasteiger partial charge on any atom is -0.490 e. The molecule has 4 nitrogen and oxygen atoms in total. The summed E-state index contributed by atoms with van der Waals surface area (Å²) in [6, 6.07) is 7.96. The summed E-state index contributed by atoms with van der Waals surface area (Å²) in [4.78, 5) is 12.8. The Bertz CT molecular complexity index is 755. The van der Waals surface area contributed by atoms with Crippen molar-refractivity contribution in [3.8, 4) is 5.75 Å². The number of sulfone groups is 1. The highest BCUT2D eigenvalue weighted by molar-refractivity contribution is 7.91. The lowest BCUT2D eigenvalue weighted by Crippen LogP contribution is -2.29. The van der Waals surface area contributed by atoms with E-state index in [0.29, 0.717) is 12.5 Å². The molecule has 3 rings (SSSR count). The van der Waals surface area contributed by atoms with Crippen LogP contribution in [0.5, 0.6) is 5.75 Å². The molecule has 2 aliphatic carbocycles. The van der Waals surface area contributed by atoms with Gasteiger partial charge in [0.15, 0.2) is 9.84 Å². The van der Waals surface area contributed by atoms with Gasteiger partial charge >= 0.3 is 0 Å². The first-order chi connectivity index (χ1) is 13.3. The van der Waals surface area contributed by atoms with Gasteiger partial charge in [-0.2, -0.15) is 0 Å². The van der Waals surface area contributed by atoms with Gasteiger partial charge in [-0.05, 0) is 88.8 Å². The highest BCUT2D eigenvalue weighted by Gasteiger charge is 2.30. The van der Waals surface area contributed by atoms with Crippen molar-refractivity contribution in [2.24, 2.45) is 11.8 Å². The molecule has 28 heavy (non-hydrogen) atoms. The van der Waals surface area contributed by atoms with Crippen LogP contribution in [-0.2, 0) is 21.1 Å². The fourth-order valence-corrected chi connectivity index (χ4v) is 5.82. The Hall–Kier alpha value is -1.36. The third-order valence-electron chi connectivity index (χ3n) is 6.37. The normalized spacial score (nSPS) is 23.8. The predicted octanol–water partition coefficient (Wildman–Crippen LogP) is 4.75. The molecule has 0 aromatic heterocycles. The molecule has 0 saturated heterocycles. The summed E-state index contributed by atoms with van der Waals surface area (Å²) in [5.41, 5.74) is 1.02. The summed E-state index contributed by atoms with van der Waals surface area (Å²) < 4.78 is 30.3. The molecule has 0 N–H and O–H groups in total. The van der Waals surface area contributed by atoms with E-state index < -0.39 is 9.84 Å². The van der Waals surface area contributed by atoms with Crippen LogP contribution in [0, 0.1) is 11.8 Å². The molecule has 0 bridgehead atoms. The molecule has 0 amide bonds. The van der Waals surface area contributed by atoms with Gasteiger partial charge in [0.05, 0.1) is 17.1 Å². The fourth-order valence-electron chi connectivity index (χ4n) is 4.45. The number of hydrogen-bond acceptors (Lipinski definition) is 4. The van der Waals surface area contributed by atoms with Crippen LogP contribution in [-0.4, -0.2) is 31.3 Å². The minimum absolute atomic E-state index is 0.0670. The average Bonchev–Trinajstić information content (AvgIpc) is 3.15. The van der Waals surface area contributed by atoms with E-state index in [2.05, 4.69) is 0 Å². The summed E-state index contributed by atoms with van der Waals surface area (Å²) in [6.45, 7) is 3.49. The van der Waals surface area contributed by atoms with E-state index in [9.17, 15) is 13.2 Å². The summed E-state index contributed by atoms with van der Waals surface area (Å²) in [5, 5.41) is -0.314. The number of hydrogen-bond donors (Lipinski definition) is 0. The van der Waals surface area contributed by atoms with Gasteiger partial charge in [-0.15, -0.1) is 0 Å². The van der Waals surface area contributed by atoms with E-state index in [-0.39, 0.29) is 28.6 Å². The number of ether oxygens (including phenoxy) is 1. The zero-order valence-electron chi connectivity index (χ0n) is 17.2. The number of carbonyl (C=O) groups excluding carboxylic acids is 1. The molecule has 0 spiro atoms. The Balaban J connectivity index is 1.49. The third-order valence-corrected chi connectivity index (χ3v) is 8.74. The summed E-state index contributed by atoms with van der Waals surface area (Å²) in [5.74, 6) is 1.70. The molecule has 0 radical (unpaired) electrons. The van der Waals surface area contributed by atoms with Crippen molar-refractivity contribution in [1.29, 1.82) is 0 Å². The van der Waals surface area contributed by atoms with Gasteiger partial charge in [-0.3, -0.25) is 4.79 Å². The van der Waals surface area contributed by atoms with E-state index in [1.54, 1.807) is 13.8 Å². The van der Waals surface area contributed by atoms with Crippen LogP contribution >= 0.6 is 0 Å². The SMILES string of the molecule is CC(C)S(=O)(=O)CC1CCC(C(=O)Cc2cccc(OC3CCCC3)c2)CC1. The van der Waals surface area contributed by atoms with Crippen LogP contribution in [0.2, 0.25) is 0 Å². The van der Waals surface area contributed by atoms with Crippen molar-refractivity contribution < 1.29 is 17.9 Å². The molecule has 1 aromatic rings. The Morgan fingerprint density at radius 2 is 1.75 bits per heavy atom. The molecular weight excluding hydrogens is 372 g/mol. The van der Waals surface area contributed by atoms with Gasteiger partial charge in [-0.25, -0.2) is 8.42 Å². The maximum Gasteiger partial charge on any atom is 0.152 e. The highest BCUT2D eigenvalue weighted by atomic mass is 32.2. The summed E-state index contributed by atoms with van der Waals surface area (Å²) in [7, 11) is -3.00. The van der Waals surface area contributed by atoms with Crippen molar-refractivity contribution in [3.63, 3.8) is 0 Å². The second kappa shape index (κ2) is 9.43. The lowest BCUT2D eigenvalue weighted by atomic mass is 9.79. The van der Waals surface area contributed by atoms with Crippen LogP contribution in [0.1, 0.15) is 70.8 Å². The van der Waals surface area contributed by atoms with Crippen molar-refractivity contribution in [3.05, 3.63) is 29.8 Å². The number of benzene rings is 1. The molecule has 5 heteroatoms. The fraction of sp³-hybridized carbons (Fsp3) is 0.696. The van der Waals surface area contributed by atoms with Crippen LogP contribution < -0.4 is 4.74 Å². The van der Waals surface area contributed by atoms with Crippen molar-refractivity contribution in [2.45, 2.75) is 83.0 Å². The largest absolute Gasteiger partial charge is 0.490 e. The molecule has 0 aliphatic heterocycles. The number of ketones is 1. The van der Waals surface area contributed by atoms with Gasteiger partial charge in [0.1, 0.15) is 11.5 Å². The topological polar surface area (TPSA) is 60.4 Å². The average molecular weight is 407 g/mol. The van der Waals surface area contributed by atoms with Crippen LogP contribution in [0.25, 0.3) is 0 Å². The van der Waals surface area contributed by atoms with Crippen LogP contribution in [0.3, 0.4) is 0 Å². The molecule has 2 fully saturated rings. The zero-order valence-corrected chi connectivity index (χ0v) is 18.0. The molecule has 0 heterocycles. The van der Waals surface area contributed by atoms with Crippen LogP contribution in [0.15, 0.2) is 24.3 Å². The van der Waals surface area contributed by atoms with Crippen molar-refractivity contribution in [2.75, 3.05) is 5.75 Å².